The van der Waals surface area contributed by atoms with E-state index in [1.165, 1.54) is 12.1 Å². The first-order valence-corrected chi connectivity index (χ1v) is 10.2. The number of hydrogen-bond donors (Lipinski definition) is 1. The van der Waals surface area contributed by atoms with E-state index in [1.807, 2.05) is 37.3 Å². The van der Waals surface area contributed by atoms with Gasteiger partial charge in [0.15, 0.2) is 5.76 Å². The highest BCUT2D eigenvalue weighted by molar-refractivity contribution is 6.05. The smallest absolute Gasteiger partial charge is 0.290 e. The Bertz CT molecular complexity index is 1170. The fraction of sp³-hybridized carbons (Fsp3) is 0.192. The minimum atomic E-state index is -0.586. The van der Waals surface area contributed by atoms with Crippen LogP contribution in [0.15, 0.2) is 72.5 Å². The van der Waals surface area contributed by atoms with Crippen LogP contribution in [-0.4, -0.2) is 30.1 Å². The predicted molar refractivity (Wildman–Crippen MR) is 120 cm³/mol. The van der Waals surface area contributed by atoms with Crippen LogP contribution in [0.5, 0.6) is 11.5 Å². The topological polar surface area (TPSA) is 59.0 Å². The van der Waals surface area contributed by atoms with Crippen molar-refractivity contribution in [1.29, 1.82) is 0 Å². The second kappa shape index (κ2) is 8.75. The first kappa shape index (κ1) is 21.4. The lowest BCUT2D eigenvalue weighted by molar-refractivity contribution is -0.130. The molecule has 1 amide bonds. The lowest BCUT2D eigenvalue weighted by atomic mass is 9.93. The molecule has 0 bridgehead atoms. The monoisotopic (exact) mass is 433 g/mol. The van der Waals surface area contributed by atoms with Gasteiger partial charge in [-0.3, -0.25) is 4.79 Å². The summed E-state index contributed by atoms with van der Waals surface area (Å²) in [5, 5.41) is 10.9. The molecule has 0 fully saturated rings. The van der Waals surface area contributed by atoms with Crippen LogP contribution >= 0.6 is 0 Å². The van der Waals surface area contributed by atoms with Crippen molar-refractivity contribution in [3.05, 3.63) is 101 Å². The summed E-state index contributed by atoms with van der Waals surface area (Å²) in [7, 11) is 3.12. The molecule has 3 aromatic carbocycles. The number of rotatable bonds is 6. The highest BCUT2D eigenvalue weighted by atomic mass is 19.1. The molecular formula is C26H24FNO4. The third-order valence-electron chi connectivity index (χ3n) is 5.69. The maximum Gasteiger partial charge on any atom is 0.290 e. The first-order chi connectivity index (χ1) is 15.4. The van der Waals surface area contributed by atoms with Gasteiger partial charge in [0.1, 0.15) is 17.3 Å². The van der Waals surface area contributed by atoms with Gasteiger partial charge in [-0.05, 0) is 42.3 Å². The molecule has 164 valence electrons. The maximum atomic E-state index is 13.6. The number of methoxy groups -OCH3 is 2. The standard InChI is InChI=1S/C26H24FNO4/c1-16-4-6-17(7-5-16)23-24(18-8-11-20(27)12-9-18)28(26(30)25(23)29)15-19-10-13-21(31-2)14-22(19)32-3/h4-14,24,29H,15H2,1-3H3. The third-order valence-corrected chi connectivity index (χ3v) is 5.69. The molecule has 1 heterocycles. The Balaban J connectivity index is 1.80. The van der Waals surface area contributed by atoms with Crippen LogP contribution < -0.4 is 9.47 Å². The number of nitrogens with zero attached hydrogens (tertiary/aromatic N) is 1. The molecule has 0 saturated carbocycles. The van der Waals surface area contributed by atoms with Crippen LogP contribution in [0.3, 0.4) is 0 Å². The molecular weight excluding hydrogens is 409 g/mol. The van der Waals surface area contributed by atoms with Gasteiger partial charge in [0.2, 0.25) is 0 Å². The highest BCUT2D eigenvalue weighted by Crippen LogP contribution is 2.44. The number of hydrogen-bond acceptors (Lipinski definition) is 4. The van der Waals surface area contributed by atoms with Crippen molar-refractivity contribution in [2.75, 3.05) is 14.2 Å². The van der Waals surface area contributed by atoms with Crippen molar-refractivity contribution in [3.8, 4) is 11.5 Å². The molecule has 32 heavy (non-hydrogen) atoms. The van der Waals surface area contributed by atoms with Crippen molar-refractivity contribution in [2.24, 2.45) is 0 Å². The number of halogens is 1. The van der Waals surface area contributed by atoms with E-state index < -0.39 is 11.9 Å². The van der Waals surface area contributed by atoms with Gasteiger partial charge in [-0.25, -0.2) is 4.39 Å². The molecule has 1 aliphatic rings. The van der Waals surface area contributed by atoms with Crippen LogP contribution in [0.2, 0.25) is 0 Å². The number of benzene rings is 3. The molecule has 1 atom stereocenters. The quantitative estimate of drug-likeness (QED) is 0.580. The Morgan fingerprint density at radius 3 is 2.28 bits per heavy atom. The molecule has 3 aromatic rings. The lowest BCUT2D eigenvalue weighted by Crippen LogP contribution is -2.30. The van der Waals surface area contributed by atoms with Crippen LogP contribution in [0, 0.1) is 12.7 Å². The molecule has 4 rings (SSSR count). The predicted octanol–water partition coefficient (Wildman–Crippen LogP) is 5.20. The van der Waals surface area contributed by atoms with Crippen LogP contribution in [-0.2, 0) is 11.3 Å². The molecule has 0 spiro atoms. The second-order valence-corrected chi connectivity index (χ2v) is 7.69. The second-order valence-electron chi connectivity index (χ2n) is 7.69. The fourth-order valence-corrected chi connectivity index (χ4v) is 4.00. The average Bonchev–Trinajstić information content (AvgIpc) is 3.05. The number of ether oxygens (including phenoxy) is 2. The number of aliphatic hydroxyl groups is 1. The Morgan fingerprint density at radius 2 is 1.66 bits per heavy atom. The SMILES string of the molecule is COc1ccc(CN2C(=O)C(O)=C(c3ccc(C)cc3)C2c2ccc(F)cc2)c(OC)c1. The van der Waals surface area contributed by atoms with Crippen LogP contribution in [0.25, 0.3) is 5.57 Å². The van der Waals surface area contributed by atoms with E-state index in [1.54, 1.807) is 43.4 Å². The molecule has 1 unspecified atom stereocenters. The van der Waals surface area contributed by atoms with Gasteiger partial charge in [-0.1, -0.05) is 42.0 Å². The Morgan fingerprint density at radius 1 is 0.969 bits per heavy atom. The Kier molecular flexibility index (Phi) is 5.86. The molecule has 1 aliphatic heterocycles. The van der Waals surface area contributed by atoms with Crippen molar-refractivity contribution in [3.63, 3.8) is 0 Å². The van der Waals surface area contributed by atoms with E-state index >= 15 is 0 Å². The molecule has 0 aromatic heterocycles. The fourth-order valence-electron chi connectivity index (χ4n) is 4.00. The largest absolute Gasteiger partial charge is 0.503 e. The van der Waals surface area contributed by atoms with Gasteiger partial charge in [-0.15, -0.1) is 0 Å². The van der Waals surface area contributed by atoms with Gasteiger partial charge in [0.05, 0.1) is 26.8 Å². The van der Waals surface area contributed by atoms with Gasteiger partial charge >= 0.3 is 0 Å². The summed E-state index contributed by atoms with van der Waals surface area (Å²) in [5.74, 6) is 0.0305. The van der Waals surface area contributed by atoms with Gasteiger partial charge in [0.25, 0.3) is 5.91 Å². The normalized spacial score (nSPS) is 15.9. The summed E-state index contributed by atoms with van der Waals surface area (Å²) in [5.41, 5.74) is 3.75. The number of carbonyl (C=O) groups excluding carboxylic acids is 1. The third kappa shape index (κ3) is 3.91. The van der Waals surface area contributed by atoms with E-state index in [0.717, 1.165) is 16.7 Å². The number of aliphatic hydroxyl groups excluding tert-OH is 1. The zero-order valence-corrected chi connectivity index (χ0v) is 18.1. The first-order valence-electron chi connectivity index (χ1n) is 10.2. The van der Waals surface area contributed by atoms with Crippen molar-refractivity contribution >= 4 is 11.5 Å². The van der Waals surface area contributed by atoms with Gasteiger partial charge in [0, 0.05) is 17.2 Å². The maximum absolute atomic E-state index is 13.6. The summed E-state index contributed by atoms with van der Waals surface area (Å²) in [6, 6.07) is 18.4. The van der Waals surface area contributed by atoms with Crippen molar-refractivity contribution in [2.45, 2.75) is 19.5 Å². The summed E-state index contributed by atoms with van der Waals surface area (Å²) < 4.78 is 24.4. The minimum Gasteiger partial charge on any atom is -0.503 e. The van der Waals surface area contributed by atoms with Crippen LogP contribution in [0.1, 0.15) is 28.3 Å². The number of amides is 1. The van der Waals surface area contributed by atoms with E-state index in [9.17, 15) is 14.3 Å². The van der Waals surface area contributed by atoms with E-state index in [0.29, 0.717) is 22.6 Å². The van der Waals surface area contributed by atoms with Crippen molar-refractivity contribution < 1.29 is 23.8 Å². The van der Waals surface area contributed by atoms with E-state index in [-0.39, 0.29) is 18.1 Å². The van der Waals surface area contributed by atoms with Gasteiger partial charge in [-0.2, -0.15) is 0 Å². The zero-order valence-electron chi connectivity index (χ0n) is 18.1. The number of carbonyl (C=O) groups is 1. The average molecular weight is 433 g/mol. The minimum absolute atomic E-state index is 0.188. The van der Waals surface area contributed by atoms with E-state index in [2.05, 4.69) is 0 Å². The molecule has 6 heteroatoms. The molecule has 0 radical (unpaired) electrons. The molecule has 1 N–H and O–H groups in total. The Labute approximate surface area is 186 Å². The summed E-state index contributed by atoms with van der Waals surface area (Å²) in [6.45, 7) is 2.16. The summed E-state index contributed by atoms with van der Waals surface area (Å²) in [4.78, 5) is 14.8. The molecule has 0 aliphatic carbocycles. The zero-order chi connectivity index (χ0) is 22.8. The van der Waals surface area contributed by atoms with Crippen LogP contribution in [0.4, 0.5) is 4.39 Å². The number of aryl methyl sites for hydroxylation is 1. The van der Waals surface area contributed by atoms with Crippen molar-refractivity contribution in [1.82, 2.24) is 4.90 Å². The Hall–Kier alpha value is -3.80. The summed E-state index contributed by atoms with van der Waals surface area (Å²) >= 11 is 0. The highest BCUT2D eigenvalue weighted by Gasteiger charge is 2.41. The summed E-state index contributed by atoms with van der Waals surface area (Å²) in [6.07, 6.45) is 0. The van der Waals surface area contributed by atoms with E-state index in [4.69, 9.17) is 9.47 Å². The van der Waals surface area contributed by atoms with Gasteiger partial charge < -0.3 is 19.5 Å². The lowest BCUT2D eigenvalue weighted by Gasteiger charge is -2.28. The molecule has 5 nitrogen and oxygen atoms in total. The molecule has 0 saturated heterocycles.